The second-order valence-electron chi connectivity index (χ2n) is 5.17. The number of nitrogens with one attached hydrogen (secondary N) is 1. The summed E-state index contributed by atoms with van der Waals surface area (Å²) in [5.74, 6) is 0.268. The van der Waals surface area contributed by atoms with Gasteiger partial charge in [0.15, 0.2) is 5.82 Å². The number of ether oxygens (including phenoxy) is 1. The molecular weight excluding hydrogens is 298 g/mol. The maximum atomic E-state index is 11.8. The Bertz CT molecular complexity index is 773. The lowest BCUT2D eigenvalue weighted by Gasteiger charge is -2.08. The fourth-order valence-corrected chi connectivity index (χ4v) is 2.04. The lowest BCUT2D eigenvalue weighted by molar-refractivity contribution is -0.117. The van der Waals surface area contributed by atoms with E-state index in [9.17, 15) is 9.59 Å². The zero-order chi connectivity index (χ0) is 16.4. The summed E-state index contributed by atoms with van der Waals surface area (Å²) >= 11 is 0. The lowest BCUT2D eigenvalue weighted by Crippen LogP contribution is -2.15. The largest absolute Gasteiger partial charge is 0.480 e. The summed E-state index contributed by atoms with van der Waals surface area (Å²) in [7, 11) is 1.40. The standard InChI is InChI=1S/C15H15N5O3/c1-23-15-10(12(16)21)7-18-13(20-15)9-4-5-17-11(6-9)19-14(22)8-2-3-8/h4-8H,2-3H2,1H3,(H2,16,21)(H,17,19,22). The quantitative estimate of drug-likeness (QED) is 0.849. The van der Waals surface area contributed by atoms with Gasteiger partial charge >= 0.3 is 0 Å². The van der Waals surface area contributed by atoms with E-state index < -0.39 is 5.91 Å². The van der Waals surface area contributed by atoms with E-state index in [0.717, 1.165) is 12.8 Å². The molecule has 0 spiro atoms. The number of amides is 2. The first-order valence-electron chi connectivity index (χ1n) is 7.06. The molecule has 1 aliphatic carbocycles. The van der Waals surface area contributed by atoms with Gasteiger partial charge in [-0.25, -0.2) is 9.97 Å². The fraction of sp³-hybridized carbons (Fsp3) is 0.267. The van der Waals surface area contributed by atoms with Gasteiger partial charge in [0, 0.05) is 23.9 Å². The van der Waals surface area contributed by atoms with Gasteiger partial charge in [0.05, 0.1) is 7.11 Å². The molecule has 1 fully saturated rings. The molecular formula is C15H15N5O3. The number of rotatable bonds is 5. The second kappa shape index (κ2) is 5.99. The average Bonchev–Trinajstić information content (AvgIpc) is 3.39. The molecule has 2 aromatic heterocycles. The van der Waals surface area contributed by atoms with Gasteiger partial charge in [0.2, 0.25) is 11.8 Å². The predicted octanol–water partition coefficient (Wildman–Crippen LogP) is 0.995. The molecule has 3 rings (SSSR count). The molecule has 0 radical (unpaired) electrons. The van der Waals surface area contributed by atoms with E-state index in [2.05, 4.69) is 20.3 Å². The molecule has 1 aliphatic rings. The summed E-state index contributed by atoms with van der Waals surface area (Å²) in [6.07, 6.45) is 4.70. The molecule has 1 saturated carbocycles. The van der Waals surface area contributed by atoms with Gasteiger partial charge in [-0.2, -0.15) is 4.98 Å². The van der Waals surface area contributed by atoms with E-state index in [4.69, 9.17) is 10.5 Å². The molecule has 0 unspecified atom stereocenters. The van der Waals surface area contributed by atoms with Crippen molar-refractivity contribution in [2.45, 2.75) is 12.8 Å². The molecule has 2 aromatic rings. The van der Waals surface area contributed by atoms with Crippen LogP contribution in [0.4, 0.5) is 5.82 Å². The number of aromatic nitrogens is 3. The summed E-state index contributed by atoms with van der Waals surface area (Å²) in [6.45, 7) is 0. The van der Waals surface area contributed by atoms with Crippen LogP contribution in [0.15, 0.2) is 24.5 Å². The van der Waals surface area contributed by atoms with Gasteiger partial charge in [-0.15, -0.1) is 0 Å². The SMILES string of the molecule is COc1nc(-c2ccnc(NC(=O)C3CC3)c2)ncc1C(N)=O. The Hall–Kier alpha value is -3.03. The summed E-state index contributed by atoms with van der Waals surface area (Å²) in [5, 5.41) is 2.76. The fourth-order valence-electron chi connectivity index (χ4n) is 2.04. The molecule has 118 valence electrons. The number of anilines is 1. The molecule has 0 aliphatic heterocycles. The average molecular weight is 313 g/mol. The normalized spacial score (nSPS) is 13.4. The van der Waals surface area contributed by atoms with Crippen LogP contribution in [0.1, 0.15) is 23.2 Å². The van der Waals surface area contributed by atoms with Gasteiger partial charge in [-0.1, -0.05) is 0 Å². The molecule has 0 bridgehead atoms. The minimum Gasteiger partial charge on any atom is -0.480 e. The van der Waals surface area contributed by atoms with Crippen molar-refractivity contribution in [1.29, 1.82) is 0 Å². The molecule has 8 nitrogen and oxygen atoms in total. The molecule has 0 aromatic carbocycles. The highest BCUT2D eigenvalue weighted by atomic mass is 16.5. The first-order valence-corrected chi connectivity index (χ1v) is 7.06. The minimum atomic E-state index is -0.666. The number of primary amides is 1. The highest BCUT2D eigenvalue weighted by molar-refractivity contribution is 5.95. The van der Waals surface area contributed by atoms with E-state index in [1.54, 1.807) is 18.3 Å². The summed E-state index contributed by atoms with van der Waals surface area (Å²) < 4.78 is 5.07. The summed E-state index contributed by atoms with van der Waals surface area (Å²) in [4.78, 5) is 35.5. The van der Waals surface area contributed by atoms with Crippen molar-refractivity contribution in [1.82, 2.24) is 15.0 Å². The van der Waals surface area contributed by atoms with Crippen LogP contribution >= 0.6 is 0 Å². The Morgan fingerprint density at radius 3 is 2.78 bits per heavy atom. The van der Waals surface area contributed by atoms with Crippen LogP contribution in [-0.2, 0) is 4.79 Å². The third-order valence-electron chi connectivity index (χ3n) is 3.43. The van der Waals surface area contributed by atoms with Crippen molar-refractivity contribution in [2.75, 3.05) is 12.4 Å². The molecule has 23 heavy (non-hydrogen) atoms. The van der Waals surface area contributed by atoms with E-state index in [0.29, 0.717) is 17.2 Å². The number of hydrogen-bond donors (Lipinski definition) is 2. The van der Waals surface area contributed by atoms with E-state index in [1.807, 2.05) is 0 Å². The number of hydrogen-bond acceptors (Lipinski definition) is 6. The maximum absolute atomic E-state index is 11.8. The van der Waals surface area contributed by atoms with Crippen LogP contribution in [0.3, 0.4) is 0 Å². The van der Waals surface area contributed by atoms with Crippen molar-refractivity contribution in [3.63, 3.8) is 0 Å². The van der Waals surface area contributed by atoms with Gasteiger partial charge in [-0.3, -0.25) is 9.59 Å². The van der Waals surface area contributed by atoms with Crippen molar-refractivity contribution in [3.05, 3.63) is 30.1 Å². The van der Waals surface area contributed by atoms with Crippen molar-refractivity contribution in [2.24, 2.45) is 11.7 Å². The van der Waals surface area contributed by atoms with Gasteiger partial charge < -0.3 is 15.8 Å². The van der Waals surface area contributed by atoms with Crippen LogP contribution in [-0.4, -0.2) is 33.9 Å². The number of nitrogens with two attached hydrogens (primary N) is 1. The predicted molar refractivity (Wildman–Crippen MR) is 81.7 cm³/mol. The van der Waals surface area contributed by atoms with Gasteiger partial charge in [-0.05, 0) is 25.0 Å². The Morgan fingerprint density at radius 1 is 1.35 bits per heavy atom. The van der Waals surface area contributed by atoms with Crippen LogP contribution in [0.2, 0.25) is 0 Å². The molecule has 2 heterocycles. The molecule has 3 N–H and O–H groups in total. The van der Waals surface area contributed by atoms with Crippen LogP contribution in [0.25, 0.3) is 11.4 Å². The summed E-state index contributed by atoms with van der Waals surface area (Å²) in [6, 6.07) is 3.37. The van der Waals surface area contributed by atoms with Crippen LogP contribution in [0.5, 0.6) is 5.88 Å². The highest BCUT2D eigenvalue weighted by Gasteiger charge is 2.29. The molecule has 0 saturated heterocycles. The molecule has 2 amide bonds. The third-order valence-corrected chi connectivity index (χ3v) is 3.43. The van der Waals surface area contributed by atoms with Gasteiger partial charge in [0.25, 0.3) is 5.91 Å². The number of pyridine rings is 1. The number of nitrogens with zero attached hydrogens (tertiary/aromatic N) is 3. The minimum absolute atomic E-state index is 0.0303. The van der Waals surface area contributed by atoms with E-state index >= 15 is 0 Å². The zero-order valence-electron chi connectivity index (χ0n) is 12.4. The van der Waals surface area contributed by atoms with Gasteiger partial charge in [0.1, 0.15) is 11.4 Å². The van der Waals surface area contributed by atoms with E-state index in [1.165, 1.54) is 13.3 Å². The highest BCUT2D eigenvalue weighted by Crippen LogP contribution is 2.30. The van der Waals surface area contributed by atoms with Crippen molar-refractivity contribution >= 4 is 17.6 Å². The monoisotopic (exact) mass is 313 g/mol. The van der Waals surface area contributed by atoms with Crippen molar-refractivity contribution in [3.8, 4) is 17.3 Å². The Labute approximate surface area is 132 Å². The van der Waals surface area contributed by atoms with E-state index in [-0.39, 0.29) is 23.3 Å². The Kier molecular flexibility index (Phi) is 3.88. The van der Waals surface area contributed by atoms with Crippen LogP contribution < -0.4 is 15.8 Å². The summed E-state index contributed by atoms with van der Waals surface area (Å²) in [5.41, 5.74) is 5.98. The van der Waals surface area contributed by atoms with Crippen LogP contribution in [0, 0.1) is 5.92 Å². The first-order chi connectivity index (χ1) is 11.1. The number of methoxy groups -OCH3 is 1. The second-order valence-corrected chi connectivity index (χ2v) is 5.17. The first kappa shape index (κ1) is 14.9. The topological polar surface area (TPSA) is 120 Å². The third kappa shape index (κ3) is 3.25. The number of carbonyl (C=O) groups is 2. The smallest absolute Gasteiger partial charge is 0.255 e. The maximum Gasteiger partial charge on any atom is 0.255 e. The molecule has 0 atom stereocenters. The molecule has 8 heteroatoms. The lowest BCUT2D eigenvalue weighted by atomic mass is 10.2. The Morgan fingerprint density at radius 2 is 2.13 bits per heavy atom. The Balaban J connectivity index is 1.89. The number of carbonyl (C=O) groups excluding carboxylic acids is 2. The zero-order valence-corrected chi connectivity index (χ0v) is 12.4. The van der Waals surface area contributed by atoms with Crippen molar-refractivity contribution < 1.29 is 14.3 Å².